The Morgan fingerprint density at radius 1 is 1.06 bits per heavy atom. The van der Waals surface area contributed by atoms with Crippen LogP contribution < -0.4 is 5.32 Å². The summed E-state index contributed by atoms with van der Waals surface area (Å²) in [5, 5.41) is 3.52. The number of aromatic nitrogens is 2. The summed E-state index contributed by atoms with van der Waals surface area (Å²) in [6, 6.07) is 17.0. The van der Waals surface area contributed by atoms with Crippen LogP contribution in [0.4, 0.5) is 0 Å². The Balaban J connectivity index is 1.17. The first-order valence-corrected chi connectivity index (χ1v) is 11.5. The maximum absolute atomic E-state index is 5.98. The van der Waals surface area contributed by atoms with Gasteiger partial charge >= 0.3 is 0 Å². The summed E-state index contributed by atoms with van der Waals surface area (Å²) >= 11 is 0. The molecule has 2 atom stereocenters. The average molecular weight is 434 g/mol. The van der Waals surface area contributed by atoms with E-state index in [-0.39, 0.29) is 12.2 Å². The number of hydrogen-bond donors (Lipinski definition) is 1. The maximum Gasteiger partial charge on any atom is 0.194 e. The monoisotopic (exact) mass is 433 g/mol. The molecule has 0 saturated carbocycles. The fourth-order valence-electron chi connectivity index (χ4n) is 4.60. The Hall–Kier alpha value is -2.90. The highest BCUT2D eigenvalue weighted by Crippen LogP contribution is 2.21. The van der Waals surface area contributed by atoms with Crippen LogP contribution in [0.3, 0.4) is 0 Å². The molecular formula is C25H31N5O2. The number of morpholine rings is 1. The zero-order chi connectivity index (χ0) is 21.8. The number of ether oxygens (including phenoxy) is 2. The van der Waals surface area contributed by atoms with Crippen molar-refractivity contribution >= 4 is 17.0 Å². The second kappa shape index (κ2) is 9.71. The molecule has 2 fully saturated rings. The highest BCUT2D eigenvalue weighted by molar-refractivity contribution is 5.80. The van der Waals surface area contributed by atoms with Gasteiger partial charge in [-0.05, 0) is 36.1 Å². The lowest BCUT2D eigenvalue weighted by molar-refractivity contribution is -0.0817. The Morgan fingerprint density at radius 3 is 2.69 bits per heavy atom. The summed E-state index contributed by atoms with van der Waals surface area (Å²) in [7, 11) is 1.84. The molecule has 1 N–H and O–H groups in total. The summed E-state index contributed by atoms with van der Waals surface area (Å²) < 4.78 is 14.0. The van der Waals surface area contributed by atoms with E-state index in [4.69, 9.17) is 9.47 Å². The Morgan fingerprint density at radius 2 is 1.88 bits per heavy atom. The number of fused-ring (bicyclic) bond motifs is 1. The lowest BCUT2D eigenvalue weighted by Crippen LogP contribution is -2.53. The second-order valence-corrected chi connectivity index (χ2v) is 8.49. The van der Waals surface area contributed by atoms with Crippen molar-refractivity contribution in [3.05, 3.63) is 66.0 Å². The Kier molecular flexibility index (Phi) is 6.36. The number of benzene rings is 2. The molecule has 7 nitrogen and oxygen atoms in total. The summed E-state index contributed by atoms with van der Waals surface area (Å²) in [6.45, 7) is 4.79. The van der Waals surface area contributed by atoms with Crippen molar-refractivity contribution in [2.75, 3.05) is 33.4 Å². The first-order chi connectivity index (χ1) is 15.8. The van der Waals surface area contributed by atoms with E-state index in [9.17, 15) is 0 Å². The van der Waals surface area contributed by atoms with Crippen LogP contribution in [0.15, 0.2) is 59.9 Å². The molecule has 3 aromatic rings. The normalized spacial score (nSPS) is 21.9. The van der Waals surface area contributed by atoms with E-state index in [1.807, 2.05) is 25.5 Å². The number of hydrogen-bond acceptors (Lipinski definition) is 4. The molecule has 2 saturated heterocycles. The molecule has 0 spiro atoms. The maximum atomic E-state index is 5.98. The number of nitrogens with one attached hydrogen (secondary N) is 1. The van der Waals surface area contributed by atoms with Gasteiger partial charge in [-0.2, -0.15) is 0 Å². The third-order valence-electron chi connectivity index (χ3n) is 6.34. The summed E-state index contributed by atoms with van der Waals surface area (Å²) in [4.78, 5) is 11.3. The van der Waals surface area contributed by atoms with Gasteiger partial charge in [-0.1, -0.05) is 36.4 Å². The van der Waals surface area contributed by atoms with Crippen molar-refractivity contribution in [1.82, 2.24) is 19.8 Å². The van der Waals surface area contributed by atoms with E-state index in [1.54, 1.807) is 0 Å². The first kappa shape index (κ1) is 21.0. The molecule has 2 unspecified atom stereocenters. The van der Waals surface area contributed by atoms with Gasteiger partial charge in [-0.25, -0.2) is 4.98 Å². The van der Waals surface area contributed by atoms with Crippen molar-refractivity contribution in [3.8, 4) is 0 Å². The van der Waals surface area contributed by atoms with E-state index in [0.29, 0.717) is 6.61 Å². The number of nitrogens with zero attached hydrogens (tertiary/aromatic N) is 4. The lowest BCUT2D eigenvalue weighted by Gasteiger charge is -2.37. The zero-order valence-electron chi connectivity index (χ0n) is 18.6. The van der Waals surface area contributed by atoms with Gasteiger partial charge in [0.2, 0.25) is 0 Å². The molecule has 0 radical (unpaired) electrons. The second-order valence-electron chi connectivity index (χ2n) is 8.49. The fourth-order valence-corrected chi connectivity index (χ4v) is 4.60. The van der Waals surface area contributed by atoms with Gasteiger partial charge in [0.25, 0.3) is 0 Å². The molecule has 2 aliphatic rings. The number of rotatable bonds is 5. The van der Waals surface area contributed by atoms with Crippen molar-refractivity contribution in [1.29, 1.82) is 0 Å². The summed E-state index contributed by atoms with van der Waals surface area (Å²) in [5.74, 6) is 0.922. The minimum Gasteiger partial charge on any atom is -0.375 e. The Labute approximate surface area is 189 Å². The minimum atomic E-state index is 0.128. The molecule has 2 aliphatic heterocycles. The largest absolute Gasteiger partial charge is 0.375 e. The number of guanidine groups is 1. The van der Waals surface area contributed by atoms with Crippen LogP contribution in [-0.2, 0) is 22.6 Å². The van der Waals surface area contributed by atoms with E-state index in [2.05, 4.69) is 61.2 Å². The van der Waals surface area contributed by atoms with Gasteiger partial charge in [-0.15, -0.1) is 0 Å². The SMILES string of the molecule is CN=C(NCc1ccc(Cn2cnc3ccccc32)cc1)N1CCOC(C2CCCO2)C1. The van der Waals surface area contributed by atoms with E-state index < -0.39 is 0 Å². The highest BCUT2D eigenvalue weighted by atomic mass is 16.5. The molecule has 0 aliphatic carbocycles. The number of imidazole rings is 1. The van der Waals surface area contributed by atoms with Crippen molar-refractivity contribution in [2.24, 2.45) is 4.99 Å². The van der Waals surface area contributed by atoms with Gasteiger partial charge in [0.1, 0.15) is 6.10 Å². The molecule has 0 amide bonds. The third kappa shape index (κ3) is 4.64. The molecule has 5 rings (SSSR count). The first-order valence-electron chi connectivity index (χ1n) is 11.5. The summed E-state index contributed by atoms with van der Waals surface area (Å²) in [5.41, 5.74) is 4.68. The molecular weight excluding hydrogens is 402 g/mol. The van der Waals surface area contributed by atoms with Crippen LogP contribution in [0.1, 0.15) is 24.0 Å². The molecule has 7 heteroatoms. The van der Waals surface area contributed by atoms with Crippen molar-refractivity contribution in [2.45, 2.75) is 38.1 Å². The van der Waals surface area contributed by atoms with E-state index in [0.717, 1.165) is 62.6 Å². The number of para-hydroxylation sites is 2. The minimum absolute atomic E-state index is 0.128. The van der Waals surface area contributed by atoms with Crippen LogP contribution in [-0.4, -0.2) is 66.0 Å². The third-order valence-corrected chi connectivity index (χ3v) is 6.34. The van der Waals surface area contributed by atoms with Crippen LogP contribution in [0, 0.1) is 0 Å². The molecule has 168 valence electrons. The quantitative estimate of drug-likeness (QED) is 0.495. The molecule has 0 bridgehead atoms. The van der Waals surface area contributed by atoms with Crippen molar-refractivity contribution in [3.63, 3.8) is 0 Å². The van der Waals surface area contributed by atoms with Crippen LogP contribution >= 0.6 is 0 Å². The van der Waals surface area contributed by atoms with Crippen LogP contribution in [0.2, 0.25) is 0 Å². The zero-order valence-corrected chi connectivity index (χ0v) is 18.6. The lowest BCUT2D eigenvalue weighted by atomic mass is 10.1. The smallest absolute Gasteiger partial charge is 0.194 e. The van der Waals surface area contributed by atoms with E-state index in [1.165, 1.54) is 11.1 Å². The van der Waals surface area contributed by atoms with Crippen molar-refractivity contribution < 1.29 is 9.47 Å². The molecule has 2 aromatic carbocycles. The van der Waals surface area contributed by atoms with Gasteiger partial charge in [-0.3, -0.25) is 4.99 Å². The van der Waals surface area contributed by atoms with Gasteiger partial charge in [0, 0.05) is 39.8 Å². The van der Waals surface area contributed by atoms with E-state index >= 15 is 0 Å². The average Bonchev–Trinajstić information content (AvgIpc) is 3.52. The molecule has 1 aromatic heterocycles. The van der Waals surface area contributed by atoms with Crippen LogP contribution in [0.5, 0.6) is 0 Å². The summed E-state index contributed by atoms with van der Waals surface area (Å²) in [6.07, 6.45) is 4.48. The predicted octanol–water partition coefficient (Wildman–Crippen LogP) is 3.04. The van der Waals surface area contributed by atoms with Gasteiger partial charge in [0.15, 0.2) is 5.96 Å². The fraction of sp³-hybridized carbons (Fsp3) is 0.440. The topological polar surface area (TPSA) is 63.9 Å². The highest BCUT2D eigenvalue weighted by Gasteiger charge is 2.32. The predicted molar refractivity (Wildman–Crippen MR) is 126 cm³/mol. The molecule has 32 heavy (non-hydrogen) atoms. The molecule has 3 heterocycles. The Bertz CT molecular complexity index is 1060. The van der Waals surface area contributed by atoms with Crippen LogP contribution in [0.25, 0.3) is 11.0 Å². The standard InChI is InChI=1S/C25H31N5O2/c1-26-25(29-12-14-32-24(17-29)23-7-4-13-31-23)27-15-19-8-10-20(11-9-19)16-30-18-28-21-5-2-3-6-22(21)30/h2-3,5-6,8-11,18,23-24H,4,7,12-17H2,1H3,(H,26,27). The number of aliphatic imine (C=N–C) groups is 1. The van der Waals surface area contributed by atoms with Gasteiger partial charge < -0.3 is 24.3 Å². The van der Waals surface area contributed by atoms with Gasteiger partial charge in [0.05, 0.1) is 30.1 Å².